The van der Waals surface area contributed by atoms with Gasteiger partial charge in [0.15, 0.2) is 5.96 Å². The van der Waals surface area contributed by atoms with E-state index in [0.717, 1.165) is 64.3 Å². The Balaban J connectivity index is 0.00000320. The minimum absolute atomic E-state index is 0. The molecule has 3 rings (SSSR count). The Morgan fingerprint density at radius 3 is 2.23 bits per heavy atom. The first kappa shape index (κ1) is 24.3. The molecule has 1 aliphatic rings. The van der Waals surface area contributed by atoms with Gasteiger partial charge in [-0.15, -0.1) is 24.0 Å². The molecule has 1 aromatic carbocycles. The smallest absolute Gasteiger partial charge is 0.225 e. The molecule has 0 unspecified atom stereocenters. The lowest BCUT2D eigenvalue weighted by Crippen LogP contribution is -2.52. The number of nitrogens with one attached hydrogen (secondary N) is 1. The van der Waals surface area contributed by atoms with Gasteiger partial charge in [-0.2, -0.15) is 0 Å². The highest BCUT2D eigenvalue weighted by Crippen LogP contribution is 2.13. The van der Waals surface area contributed by atoms with Crippen LogP contribution in [0.2, 0.25) is 0 Å². The van der Waals surface area contributed by atoms with Gasteiger partial charge < -0.3 is 15.1 Å². The normalized spacial score (nSPS) is 14.6. The molecule has 1 saturated heterocycles. The van der Waals surface area contributed by atoms with Crippen molar-refractivity contribution in [2.45, 2.75) is 26.9 Å². The van der Waals surface area contributed by atoms with Crippen LogP contribution in [0.25, 0.3) is 0 Å². The predicted octanol–water partition coefficient (Wildman–Crippen LogP) is 2.83. The molecule has 1 fully saturated rings. The average molecular weight is 523 g/mol. The van der Waals surface area contributed by atoms with Gasteiger partial charge in [-0.1, -0.05) is 38.1 Å². The van der Waals surface area contributed by atoms with Gasteiger partial charge >= 0.3 is 0 Å². The van der Waals surface area contributed by atoms with Crippen LogP contribution >= 0.6 is 24.0 Å². The van der Waals surface area contributed by atoms with E-state index in [-0.39, 0.29) is 24.0 Å². The summed E-state index contributed by atoms with van der Waals surface area (Å²) in [4.78, 5) is 20.2. The van der Waals surface area contributed by atoms with E-state index in [1.807, 2.05) is 13.1 Å². The highest BCUT2D eigenvalue weighted by atomic mass is 127. The number of hydrogen-bond acceptors (Lipinski definition) is 5. The van der Waals surface area contributed by atoms with Crippen LogP contribution in [0, 0.1) is 0 Å². The van der Waals surface area contributed by atoms with Crippen LogP contribution < -0.4 is 10.2 Å². The Morgan fingerprint density at radius 2 is 1.63 bits per heavy atom. The molecule has 0 bridgehead atoms. The first-order chi connectivity index (χ1) is 14.2. The lowest BCUT2D eigenvalue weighted by atomic mass is 10.1. The summed E-state index contributed by atoms with van der Waals surface area (Å²) in [5.74, 6) is 1.76. The minimum atomic E-state index is 0. The summed E-state index contributed by atoms with van der Waals surface area (Å²) in [6.07, 6.45) is 3.59. The molecule has 8 heteroatoms. The highest BCUT2D eigenvalue weighted by Gasteiger charge is 2.21. The van der Waals surface area contributed by atoms with Crippen LogP contribution in [0.1, 0.15) is 25.0 Å². The molecule has 7 nitrogen and oxygen atoms in total. The summed E-state index contributed by atoms with van der Waals surface area (Å²) in [6, 6.07) is 10.5. The van der Waals surface area contributed by atoms with Crippen LogP contribution in [0.4, 0.5) is 5.95 Å². The van der Waals surface area contributed by atoms with E-state index in [1.165, 1.54) is 11.1 Å². The zero-order valence-electron chi connectivity index (χ0n) is 18.3. The molecular weight excluding hydrogens is 489 g/mol. The molecule has 0 radical (unpaired) electrons. The summed E-state index contributed by atoms with van der Waals surface area (Å²) < 4.78 is 0. The second-order valence-corrected chi connectivity index (χ2v) is 7.15. The van der Waals surface area contributed by atoms with E-state index in [4.69, 9.17) is 0 Å². The van der Waals surface area contributed by atoms with Gasteiger partial charge in [0.05, 0.1) is 0 Å². The molecule has 0 atom stereocenters. The Morgan fingerprint density at radius 1 is 1.00 bits per heavy atom. The van der Waals surface area contributed by atoms with Crippen LogP contribution in [0.15, 0.2) is 47.7 Å². The maximum atomic E-state index is 4.52. The first-order valence-corrected chi connectivity index (χ1v) is 10.5. The van der Waals surface area contributed by atoms with Gasteiger partial charge in [0.25, 0.3) is 0 Å². The van der Waals surface area contributed by atoms with Crippen LogP contribution in [-0.2, 0) is 13.1 Å². The molecule has 30 heavy (non-hydrogen) atoms. The van der Waals surface area contributed by atoms with Crippen molar-refractivity contribution in [2.75, 3.05) is 51.2 Å². The molecule has 1 N–H and O–H groups in total. The number of aromatic nitrogens is 2. The van der Waals surface area contributed by atoms with Crippen LogP contribution in [-0.4, -0.2) is 72.0 Å². The van der Waals surface area contributed by atoms with Gasteiger partial charge in [0.2, 0.25) is 5.95 Å². The lowest BCUT2D eigenvalue weighted by molar-refractivity contribution is 0.295. The summed E-state index contributed by atoms with van der Waals surface area (Å²) in [5, 5.41) is 3.57. The molecule has 0 spiro atoms. The van der Waals surface area contributed by atoms with Crippen molar-refractivity contribution in [3.05, 3.63) is 53.9 Å². The lowest BCUT2D eigenvalue weighted by Gasteiger charge is -2.36. The van der Waals surface area contributed by atoms with Gasteiger partial charge in [-0.05, 0) is 30.3 Å². The maximum absolute atomic E-state index is 4.52. The van der Waals surface area contributed by atoms with Crippen molar-refractivity contribution in [1.29, 1.82) is 0 Å². The number of rotatable bonds is 7. The second kappa shape index (κ2) is 12.7. The van der Waals surface area contributed by atoms with Crippen molar-refractivity contribution in [3.63, 3.8) is 0 Å². The Kier molecular flexibility index (Phi) is 10.3. The highest BCUT2D eigenvalue weighted by molar-refractivity contribution is 14.0. The van der Waals surface area contributed by atoms with E-state index in [0.29, 0.717) is 0 Å². The van der Waals surface area contributed by atoms with E-state index in [2.05, 4.69) is 73.1 Å². The Bertz CT molecular complexity index is 772. The molecule has 2 aromatic rings. The van der Waals surface area contributed by atoms with Crippen LogP contribution in [0.3, 0.4) is 0 Å². The van der Waals surface area contributed by atoms with E-state index < -0.39 is 0 Å². The minimum Gasteiger partial charge on any atom is -0.352 e. The first-order valence-electron chi connectivity index (χ1n) is 10.5. The van der Waals surface area contributed by atoms with Crippen molar-refractivity contribution >= 4 is 35.9 Å². The molecular formula is C22H34IN7. The zero-order chi connectivity index (χ0) is 20.5. The Hall–Kier alpha value is -1.94. The van der Waals surface area contributed by atoms with Crippen molar-refractivity contribution in [3.8, 4) is 0 Å². The Labute approximate surface area is 197 Å². The fraction of sp³-hybridized carbons (Fsp3) is 0.500. The number of anilines is 1. The second-order valence-electron chi connectivity index (χ2n) is 7.15. The number of halogens is 1. The standard InChI is InChI=1S/C22H33N7.HI/c1-4-27(5-2)18-20-10-7-6-9-19(20)17-26-21(23-3)28-13-15-29(16-14-28)22-24-11-8-12-25-22;/h6-12H,4-5,13-18H2,1-3H3,(H,23,26);1H. The van der Waals surface area contributed by atoms with E-state index in [1.54, 1.807) is 12.4 Å². The van der Waals surface area contributed by atoms with Gasteiger partial charge in [-0.3, -0.25) is 9.89 Å². The molecule has 1 aromatic heterocycles. The van der Waals surface area contributed by atoms with Gasteiger partial charge in [-0.25, -0.2) is 9.97 Å². The molecule has 2 heterocycles. The molecule has 164 valence electrons. The number of hydrogen-bond donors (Lipinski definition) is 1. The predicted molar refractivity (Wildman–Crippen MR) is 134 cm³/mol. The third-order valence-corrected chi connectivity index (χ3v) is 5.47. The maximum Gasteiger partial charge on any atom is 0.225 e. The SMILES string of the molecule is CCN(CC)Cc1ccccc1CNC(=NC)N1CCN(c2ncccn2)CC1.I. The topological polar surface area (TPSA) is 59.9 Å². The molecule has 0 amide bonds. The zero-order valence-corrected chi connectivity index (χ0v) is 20.6. The third-order valence-electron chi connectivity index (χ3n) is 5.47. The van der Waals surface area contributed by atoms with Crippen LogP contribution in [0.5, 0.6) is 0 Å². The summed E-state index contributed by atoms with van der Waals surface area (Å²) in [6.45, 7) is 11.9. The number of benzene rings is 1. The third kappa shape index (κ3) is 6.53. The summed E-state index contributed by atoms with van der Waals surface area (Å²) in [5.41, 5.74) is 2.71. The monoisotopic (exact) mass is 523 g/mol. The number of aliphatic imine (C=N–C) groups is 1. The van der Waals surface area contributed by atoms with E-state index >= 15 is 0 Å². The van der Waals surface area contributed by atoms with Gasteiger partial charge in [0, 0.05) is 58.7 Å². The van der Waals surface area contributed by atoms with Crippen molar-refractivity contribution in [1.82, 2.24) is 25.1 Å². The van der Waals surface area contributed by atoms with Crippen molar-refractivity contribution in [2.24, 2.45) is 4.99 Å². The largest absolute Gasteiger partial charge is 0.352 e. The molecule has 0 saturated carbocycles. The fourth-order valence-electron chi connectivity index (χ4n) is 3.65. The van der Waals surface area contributed by atoms with Crippen molar-refractivity contribution < 1.29 is 0 Å². The fourth-order valence-corrected chi connectivity index (χ4v) is 3.65. The molecule has 1 aliphatic heterocycles. The summed E-state index contributed by atoms with van der Waals surface area (Å²) in [7, 11) is 1.86. The summed E-state index contributed by atoms with van der Waals surface area (Å²) >= 11 is 0. The number of piperazine rings is 1. The number of guanidine groups is 1. The van der Waals surface area contributed by atoms with Gasteiger partial charge in [0.1, 0.15) is 0 Å². The molecule has 0 aliphatic carbocycles. The number of nitrogens with zero attached hydrogens (tertiary/aromatic N) is 6. The van der Waals surface area contributed by atoms with E-state index in [9.17, 15) is 0 Å². The average Bonchev–Trinajstić information content (AvgIpc) is 2.79. The quantitative estimate of drug-likeness (QED) is 0.342.